The summed E-state index contributed by atoms with van der Waals surface area (Å²) < 4.78 is 5.31. The van der Waals surface area contributed by atoms with Crippen LogP contribution in [-0.2, 0) is 0 Å². The number of ether oxygens (including phenoxy) is 1. The van der Waals surface area contributed by atoms with Crippen molar-refractivity contribution in [3.8, 4) is 5.75 Å². The lowest BCUT2D eigenvalue weighted by molar-refractivity contribution is 0.414. The molecule has 0 spiro atoms. The van der Waals surface area contributed by atoms with Gasteiger partial charge >= 0.3 is 0 Å². The van der Waals surface area contributed by atoms with Crippen molar-refractivity contribution >= 4 is 33.2 Å². The lowest BCUT2D eigenvalue weighted by Gasteiger charge is -2.03. The van der Waals surface area contributed by atoms with Crippen LogP contribution in [0.15, 0.2) is 52.7 Å². The van der Waals surface area contributed by atoms with E-state index in [0.717, 1.165) is 21.7 Å². The first-order valence-electron chi connectivity index (χ1n) is 7.15. The van der Waals surface area contributed by atoms with Crippen molar-refractivity contribution in [2.45, 2.75) is 6.92 Å². The van der Waals surface area contributed by atoms with Gasteiger partial charge in [-0.25, -0.2) is 4.98 Å². The fraction of sp³-hybridized carbons (Fsp3) is 0.111. The lowest BCUT2D eigenvalue weighted by atomic mass is 10.1. The average Bonchev–Trinajstić information content (AvgIpc) is 3.04. The number of rotatable bonds is 4. The number of methoxy groups -OCH3 is 1. The molecule has 0 atom stereocenters. The van der Waals surface area contributed by atoms with Crippen molar-refractivity contribution in [2.75, 3.05) is 7.11 Å². The van der Waals surface area contributed by atoms with Crippen LogP contribution < -0.4 is 10.3 Å². The van der Waals surface area contributed by atoms with Crippen LogP contribution in [0.4, 0.5) is 0 Å². The Morgan fingerprint density at radius 1 is 1.30 bits per heavy atom. The van der Waals surface area contributed by atoms with Crippen molar-refractivity contribution < 1.29 is 4.74 Å². The first kappa shape index (κ1) is 15.2. The highest BCUT2D eigenvalue weighted by Gasteiger charge is 2.05. The minimum Gasteiger partial charge on any atom is -0.496 e. The van der Waals surface area contributed by atoms with E-state index in [1.807, 2.05) is 54.8 Å². The molecule has 116 valence electrons. The minimum atomic E-state index is -0.104. The van der Waals surface area contributed by atoms with Gasteiger partial charge in [-0.3, -0.25) is 4.79 Å². The number of benzene rings is 1. The molecule has 3 aromatic rings. The van der Waals surface area contributed by atoms with Gasteiger partial charge in [-0.15, -0.1) is 11.3 Å². The zero-order chi connectivity index (χ0) is 16.2. The Hall–Kier alpha value is -2.66. The van der Waals surface area contributed by atoms with Crippen LogP contribution in [0.1, 0.15) is 18.3 Å². The lowest BCUT2D eigenvalue weighted by Crippen LogP contribution is -2.09. The monoisotopic (exact) mass is 324 g/mol. The SMILES string of the molecule is COc1ccccc1C=CC=C(C)c1nc2sccc2c(=O)[nH]1. The van der Waals surface area contributed by atoms with E-state index in [0.29, 0.717) is 11.2 Å². The largest absolute Gasteiger partial charge is 0.496 e. The van der Waals surface area contributed by atoms with Crippen molar-refractivity contribution in [1.82, 2.24) is 9.97 Å². The standard InChI is InChI=1S/C18H16N2O2S/c1-12(6-5-8-13-7-3-4-9-15(13)22-2)16-19-17(21)14-10-11-23-18(14)20-16/h3-11H,1-2H3,(H,19,20,21). The molecular formula is C18H16N2O2S. The molecule has 1 aromatic carbocycles. The second-order valence-corrected chi connectivity index (χ2v) is 5.90. The highest BCUT2D eigenvalue weighted by atomic mass is 32.1. The van der Waals surface area contributed by atoms with Crippen molar-refractivity contribution in [1.29, 1.82) is 0 Å². The molecule has 3 rings (SSSR count). The van der Waals surface area contributed by atoms with Crippen LogP contribution in [-0.4, -0.2) is 17.1 Å². The van der Waals surface area contributed by atoms with E-state index in [9.17, 15) is 4.79 Å². The van der Waals surface area contributed by atoms with Crippen molar-refractivity contribution in [2.24, 2.45) is 0 Å². The van der Waals surface area contributed by atoms with Gasteiger partial charge < -0.3 is 9.72 Å². The predicted octanol–water partition coefficient (Wildman–Crippen LogP) is 4.11. The van der Waals surface area contributed by atoms with Crippen LogP contribution in [0.2, 0.25) is 0 Å². The Morgan fingerprint density at radius 2 is 2.13 bits per heavy atom. The third-order valence-corrected chi connectivity index (χ3v) is 4.28. The quantitative estimate of drug-likeness (QED) is 0.735. The van der Waals surface area contributed by atoms with E-state index in [1.54, 1.807) is 13.2 Å². The van der Waals surface area contributed by atoms with Gasteiger partial charge in [0.15, 0.2) is 0 Å². The van der Waals surface area contributed by atoms with Gasteiger partial charge in [0.1, 0.15) is 16.4 Å². The highest BCUT2D eigenvalue weighted by molar-refractivity contribution is 7.16. The number of aromatic amines is 1. The van der Waals surface area contributed by atoms with Gasteiger partial charge in [-0.1, -0.05) is 36.4 Å². The molecule has 23 heavy (non-hydrogen) atoms. The summed E-state index contributed by atoms with van der Waals surface area (Å²) in [7, 11) is 1.65. The van der Waals surface area contributed by atoms with E-state index in [-0.39, 0.29) is 5.56 Å². The molecule has 0 aliphatic rings. The van der Waals surface area contributed by atoms with Crippen LogP contribution >= 0.6 is 11.3 Å². The summed E-state index contributed by atoms with van der Waals surface area (Å²) in [5.74, 6) is 1.41. The average molecular weight is 324 g/mol. The number of thiophene rings is 1. The van der Waals surface area contributed by atoms with Crippen LogP contribution in [0.3, 0.4) is 0 Å². The Kier molecular flexibility index (Phi) is 4.39. The molecule has 0 fully saturated rings. The van der Waals surface area contributed by atoms with Crippen LogP contribution in [0.25, 0.3) is 21.9 Å². The van der Waals surface area contributed by atoms with Gasteiger partial charge in [0.25, 0.3) is 5.56 Å². The van der Waals surface area contributed by atoms with Gasteiger partial charge in [0, 0.05) is 5.56 Å². The number of nitrogens with zero attached hydrogens (tertiary/aromatic N) is 1. The first-order chi connectivity index (χ1) is 11.2. The molecule has 5 heteroatoms. The number of H-pyrrole nitrogens is 1. The molecule has 0 unspecified atom stereocenters. The van der Waals surface area contributed by atoms with E-state index in [4.69, 9.17) is 4.74 Å². The maximum absolute atomic E-state index is 12.0. The summed E-state index contributed by atoms with van der Waals surface area (Å²) in [6, 6.07) is 9.58. The molecule has 0 radical (unpaired) electrons. The zero-order valence-corrected chi connectivity index (χ0v) is 13.7. The maximum atomic E-state index is 12.0. The highest BCUT2D eigenvalue weighted by Crippen LogP contribution is 2.20. The summed E-state index contributed by atoms with van der Waals surface area (Å²) in [5.41, 5.74) is 1.78. The number of allylic oxidation sites excluding steroid dienone is 3. The fourth-order valence-corrected chi connectivity index (χ4v) is 3.00. The predicted molar refractivity (Wildman–Crippen MR) is 95.9 cm³/mol. The number of nitrogens with one attached hydrogen (secondary N) is 1. The van der Waals surface area contributed by atoms with Crippen molar-refractivity contribution in [3.05, 3.63) is 69.6 Å². The maximum Gasteiger partial charge on any atom is 0.259 e. The Labute approximate surface area is 137 Å². The Bertz CT molecular complexity index is 951. The molecule has 0 amide bonds. The Morgan fingerprint density at radius 3 is 2.96 bits per heavy atom. The third kappa shape index (κ3) is 3.24. The summed E-state index contributed by atoms with van der Waals surface area (Å²) in [6.07, 6.45) is 5.81. The molecule has 0 aliphatic heterocycles. The molecule has 1 N–H and O–H groups in total. The van der Waals surface area contributed by atoms with E-state index in [1.165, 1.54) is 11.3 Å². The topological polar surface area (TPSA) is 55.0 Å². The van der Waals surface area contributed by atoms with E-state index < -0.39 is 0 Å². The van der Waals surface area contributed by atoms with Crippen LogP contribution in [0.5, 0.6) is 5.75 Å². The molecule has 0 bridgehead atoms. The van der Waals surface area contributed by atoms with Gasteiger partial charge in [0.05, 0.1) is 12.5 Å². The summed E-state index contributed by atoms with van der Waals surface area (Å²) in [6.45, 7) is 1.92. The van der Waals surface area contributed by atoms with E-state index >= 15 is 0 Å². The number of hydrogen-bond donors (Lipinski definition) is 1. The molecule has 0 saturated carbocycles. The number of para-hydroxylation sites is 1. The first-order valence-corrected chi connectivity index (χ1v) is 8.03. The molecule has 2 aromatic heterocycles. The second kappa shape index (κ2) is 6.62. The molecule has 2 heterocycles. The zero-order valence-electron chi connectivity index (χ0n) is 12.9. The van der Waals surface area contributed by atoms with E-state index in [2.05, 4.69) is 9.97 Å². The third-order valence-electron chi connectivity index (χ3n) is 3.47. The number of fused-ring (bicyclic) bond motifs is 1. The van der Waals surface area contributed by atoms with Crippen molar-refractivity contribution in [3.63, 3.8) is 0 Å². The fourth-order valence-electron chi connectivity index (χ4n) is 2.23. The van der Waals surface area contributed by atoms with Gasteiger partial charge in [-0.2, -0.15) is 0 Å². The Balaban J connectivity index is 1.89. The summed E-state index contributed by atoms with van der Waals surface area (Å²) >= 11 is 1.47. The molecule has 0 saturated heterocycles. The summed E-state index contributed by atoms with van der Waals surface area (Å²) in [4.78, 5) is 20.1. The number of hydrogen-bond acceptors (Lipinski definition) is 4. The normalized spacial score (nSPS) is 12.2. The second-order valence-electron chi connectivity index (χ2n) is 5.00. The molecule has 0 aliphatic carbocycles. The van der Waals surface area contributed by atoms with Gasteiger partial charge in [-0.05, 0) is 30.0 Å². The molecule has 4 nitrogen and oxygen atoms in total. The smallest absolute Gasteiger partial charge is 0.259 e. The van der Waals surface area contributed by atoms with Crippen LogP contribution in [0, 0.1) is 0 Å². The summed E-state index contributed by atoms with van der Waals surface area (Å²) in [5, 5.41) is 2.51. The molecular weight excluding hydrogens is 308 g/mol. The van der Waals surface area contributed by atoms with Gasteiger partial charge in [0.2, 0.25) is 0 Å². The number of aromatic nitrogens is 2. The minimum absolute atomic E-state index is 0.104.